The van der Waals surface area contributed by atoms with Crippen LogP contribution in [0, 0.1) is 12.7 Å². The molecular weight excluding hydrogens is 279 g/mol. The van der Waals surface area contributed by atoms with Crippen LogP contribution in [0.2, 0.25) is 5.02 Å². The van der Waals surface area contributed by atoms with Crippen molar-refractivity contribution >= 4 is 17.4 Å². The third kappa shape index (κ3) is 2.99. The molecule has 2 rings (SSSR count). The van der Waals surface area contributed by atoms with Crippen LogP contribution in [0.5, 0.6) is 5.75 Å². The van der Waals surface area contributed by atoms with Crippen molar-refractivity contribution in [1.29, 1.82) is 0 Å². The van der Waals surface area contributed by atoms with Crippen LogP contribution in [0.4, 0.5) is 4.39 Å². The number of hydrogen-bond acceptors (Lipinski definition) is 2. The zero-order chi connectivity index (χ0) is 14.7. The van der Waals surface area contributed by atoms with Gasteiger partial charge >= 0.3 is 0 Å². The number of benzene rings is 2. The quantitative estimate of drug-likeness (QED) is 0.789. The number of carbonyl (C=O) groups excluding carboxylic acids is 1. The van der Waals surface area contributed by atoms with E-state index in [2.05, 4.69) is 0 Å². The molecule has 0 saturated heterocycles. The molecule has 104 valence electrons. The first-order valence-corrected chi connectivity index (χ1v) is 6.51. The third-order valence-corrected chi connectivity index (χ3v) is 3.52. The molecule has 0 bridgehead atoms. The third-order valence-electron chi connectivity index (χ3n) is 3.10. The molecule has 2 aromatic rings. The van der Waals surface area contributed by atoms with Gasteiger partial charge in [-0.2, -0.15) is 0 Å². The van der Waals surface area contributed by atoms with Crippen molar-refractivity contribution in [2.75, 3.05) is 7.11 Å². The summed E-state index contributed by atoms with van der Waals surface area (Å²) in [6, 6.07) is 9.67. The van der Waals surface area contributed by atoms with Crippen molar-refractivity contribution in [3.05, 3.63) is 63.9 Å². The smallest absolute Gasteiger partial charge is 0.167 e. The van der Waals surface area contributed by atoms with Gasteiger partial charge in [0, 0.05) is 12.0 Å². The lowest BCUT2D eigenvalue weighted by Crippen LogP contribution is -2.05. The summed E-state index contributed by atoms with van der Waals surface area (Å²) in [5.41, 5.74) is 1.93. The maximum atomic E-state index is 13.3. The first-order valence-electron chi connectivity index (χ1n) is 6.13. The van der Waals surface area contributed by atoms with E-state index in [1.165, 1.54) is 6.07 Å². The monoisotopic (exact) mass is 292 g/mol. The number of aryl methyl sites for hydroxylation is 1. The largest absolute Gasteiger partial charge is 0.496 e. The summed E-state index contributed by atoms with van der Waals surface area (Å²) in [7, 11) is 1.58. The zero-order valence-corrected chi connectivity index (χ0v) is 12.0. The fraction of sp³-hybridized carbons (Fsp3) is 0.188. The summed E-state index contributed by atoms with van der Waals surface area (Å²) < 4.78 is 18.5. The lowest BCUT2D eigenvalue weighted by molar-refractivity contribution is 0.0993. The number of ketones is 1. The van der Waals surface area contributed by atoms with Crippen LogP contribution in [0.15, 0.2) is 36.4 Å². The van der Waals surface area contributed by atoms with E-state index in [0.29, 0.717) is 11.1 Å². The Kier molecular flexibility index (Phi) is 4.40. The van der Waals surface area contributed by atoms with Gasteiger partial charge in [0.15, 0.2) is 5.78 Å². The van der Waals surface area contributed by atoms with E-state index in [1.807, 2.05) is 6.92 Å². The second-order valence-electron chi connectivity index (χ2n) is 4.50. The Labute approximate surface area is 122 Å². The molecule has 0 spiro atoms. The molecule has 2 aromatic carbocycles. The Bertz CT molecular complexity index is 653. The van der Waals surface area contributed by atoms with Gasteiger partial charge in [0.2, 0.25) is 0 Å². The van der Waals surface area contributed by atoms with Gasteiger partial charge < -0.3 is 4.74 Å². The van der Waals surface area contributed by atoms with Crippen molar-refractivity contribution in [2.45, 2.75) is 13.3 Å². The van der Waals surface area contributed by atoms with E-state index in [0.717, 1.165) is 11.3 Å². The van der Waals surface area contributed by atoms with Crippen molar-refractivity contribution < 1.29 is 13.9 Å². The molecule has 0 aliphatic carbocycles. The molecule has 0 amide bonds. The summed E-state index contributed by atoms with van der Waals surface area (Å²) in [4.78, 5) is 12.2. The minimum Gasteiger partial charge on any atom is -0.496 e. The van der Waals surface area contributed by atoms with E-state index in [4.69, 9.17) is 16.3 Å². The number of carbonyl (C=O) groups is 1. The highest BCUT2D eigenvalue weighted by atomic mass is 35.5. The van der Waals surface area contributed by atoms with E-state index in [1.54, 1.807) is 37.4 Å². The van der Waals surface area contributed by atoms with Gasteiger partial charge in [0.05, 0.1) is 12.1 Å². The highest BCUT2D eigenvalue weighted by Gasteiger charge is 2.13. The van der Waals surface area contributed by atoms with Crippen molar-refractivity contribution in [2.24, 2.45) is 0 Å². The van der Waals surface area contributed by atoms with Gasteiger partial charge in [-0.1, -0.05) is 23.7 Å². The van der Waals surface area contributed by atoms with Crippen LogP contribution in [0.3, 0.4) is 0 Å². The molecule has 0 radical (unpaired) electrons. The predicted octanol–water partition coefficient (Wildman–Crippen LogP) is 4.22. The first kappa shape index (κ1) is 14.5. The molecule has 0 heterocycles. The second-order valence-corrected chi connectivity index (χ2v) is 4.88. The number of ether oxygens (including phenoxy) is 1. The Morgan fingerprint density at radius 3 is 2.70 bits per heavy atom. The normalized spacial score (nSPS) is 10.4. The number of methoxy groups -OCH3 is 1. The number of halogens is 2. The maximum absolute atomic E-state index is 13.3. The van der Waals surface area contributed by atoms with E-state index < -0.39 is 5.82 Å². The lowest BCUT2D eigenvalue weighted by Gasteiger charge is -2.08. The molecular formula is C16H14ClFO2. The molecule has 0 N–H and O–H groups in total. The van der Waals surface area contributed by atoms with Gasteiger partial charge in [-0.25, -0.2) is 4.39 Å². The molecule has 2 nitrogen and oxygen atoms in total. The Morgan fingerprint density at radius 2 is 2.05 bits per heavy atom. The van der Waals surface area contributed by atoms with E-state index >= 15 is 0 Å². The standard InChI is InChI=1S/C16H14ClFO2/c1-10-8-11(6-7-15(10)20-2)14(19)9-12-4-3-5-13(18)16(12)17/h3-8H,9H2,1-2H3. The zero-order valence-electron chi connectivity index (χ0n) is 11.2. The molecule has 0 fully saturated rings. The Morgan fingerprint density at radius 1 is 1.30 bits per heavy atom. The van der Waals surface area contributed by atoms with E-state index in [-0.39, 0.29) is 17.2 Å². The maximum Gasteiger partial charge on any atom is 0.167 e. The summed E-state index contributed by atoms with van der Waals surface area (Å²) in [6.45, 7) is 1.87. The molecule has 0 aromatic heterocycles. The van der Waals surface area contributed by atoms with Crippen molar-refractivity contribution in [3.63, 3.8) is 0 Å². The highest BCUT2D eigenvalue weighted by Crippen LogP contribution is 2.23. The number of rotatable bonds is 4. The molecule has 0 unspecified atom stereocenters. The average Bonchev–Trinajstić information content (AvgIpc) is 2.43. The second kappa shape index (κ2) is 6.06. The van der Waals surface area contributed by atoms with Crippen LogP contribution in [0.1, 0.15) is 21.5 Å². The number of hydrogen-bond donors (Lipinski definition) is 0. The molecule has 0 atom stereocenters. The van der Waals surface area contributed by atoms with Crippen molar-refractivity contribution in [3.8, 4) is 5.75 Å². The van der Waals surface area contributed by atoms with Gasteiger partial charge in [0.25, 0.3) is 0 Å². The van der Waals surface area contributed by atoms with Gasteiger partial charge in [-0.3, -0.25) is 4.79 Å². The van der Waals surface area contributed by atoms with Crippen LogP contribution in [0.25, 0.3) is 0 Å². The van der Waals surface area contributed by atoms with Gasteiger partial charge in [0.1, 0.15) is 11.6 Å². The summed E-state index contributed by atoms with van der Waals surface area (Å²) in [6.07, 6.45) is 0.0718. The molecule has 4 heteroatoms. The van der Waals surface area contributed by atoms with Gasteiger partial charge in [-0.05, 0) is 42.3 Å². The highest BCUT2D eigenvalue weighted by molar-refractivity contribution is 6.31. The molecule has 20 heavy (non-hydrogen) atoms. The SMILES string of the molecule is COc1ccc(C(=O)Cc2cccc(F)c2Cl)cc1C. The minimum absolute atomic E-state index is 0.00563. The van der Waals surface area contributed by atoms with Crippen LogP contribution in [-0.2, 0) is 6.42 Å². The average molecular weight is 293 g/mol. The fourth-order valence-corrected chi connectivity index (χ4v) is 2.20. The summed E-state index contributed by atoms with van der Waals surface area (Å²) in [5, 5.41) is 0.00563. The Hall–Kier alpha value is -1.87. The topological polar surface area (TPSA) is 26.3 Å². The lowest BCUT2D eigenvalue weighted by atomic mass is 10.0. The first-order chi connectivity index (χ1) is 9.52. The van der Waals surface area contributed by atoms with E-state index in [9.17, 15) is 9.18 Å². The van der Waals surface area contributed by atoms with Crippen molar-refractivity contribution in [1.82, 2.24) is 0 Å². The van der Waals surface area contributed by atoms with Crippen LogP contribution in [-0.4, -0.2) is 12.9 Å². The molecule has 0 saturated carbocycles. The van der Waals surface area contributed by atoms with Gasteiger partial charge in [-0.15, -0.1) is 0 Å². The fourth-order valence-electron chi connectivity index (χ4n) is 2.01. The molecule has 0 aliphatic rings. The van der Waals surface area contributed by atoms with Crippen LogP contribution < -0.4 is 4.74 Å². The summed E-state index contributed by atoms with van der Waals surface area (Å²) >= 11 is 5.86. The van der Waals surface area contributed by atoms with Crippen LogP contribution >= 0.6 is 11.6 Å². The Balaban J connectivity index is 2.24. The molecule has 0 aliphatic heterocycles. The minimum atomic E-state index is -0.511. The summed E-state index contributed by atoms with van der Waals surface area (Å²) in [5.74, 6) is 0.108. The number of Topliss-reactive ketones (excluding diaryl/α,β-unsaturated/α-hetero) is 1. The predicted molar refractivity (Wildman–Crippen MR) is 77.2 cm³/mol.